The Morgan fingerprint density at radius 3 is 2.93 bits per heavy atom. The largest absolute Gasteiger partial charge is 0.325 e. The molecule has 1 heterocycles. The van der Waals surface area contributed by atoms with Crippen molar-refractivity contribution in [1.82, 2.24) is 9.97 Å². The van der Waals surface area contributed by atoms with E-state index in [1.54, 1.807) is 0 Å². The number of nitrogens with zero attached hydrogens (tertiary/aromatic N) is 1. The van der Waals surface area contributed by atoms with Crippen LogP contribution >= 0.6 is 0 Å². The summed E-state index contributed by atoms with van der Waals surface area (Å²) in [6.07, 6.45) is 5.25. The van der Waals surface area contributed by atoms with Crippen LogP contribution in [0.15, 0.2) is 11.1 Å². The molecule has 1 aliphatic carbocycles. The van der Waals surface area contributed by atoms with Gasteiger partial charge in [0.05, 0.1) is 6.33 Å². The van der Waals surface area contributed by atoms with Crippen LogP contribution in [0.2, 0.25) is 0 Å². The fourth-order valence-corrected chi connectivity index (χ4v) is 1.60. The highest BCUT2D eigenvalue weighted by molar-refractivity contribution is 5.16. The standard InChI is InChI=1S/C10H15N3O/c1-7-8(9(14)13-6-12-7)2-3-10(11)4-5-10/h6H,2-5,11H2,1H3,(H,12,13,14). The summed E-state index contributed by atoms with van der Waals surface area (Å²) in [7, 11) is 0. The Morgan fingerprint density at radius 2 is 2.36 bits per heavy atom. The van der Waals surface area contributed by atoms with E-state index in [0.29, 0.717) is 0 Å². The fourth-order valence-electron chi connectivity index (χ4n) is 1.60. The topological polar surface area (TPSA) is 71.8 Å². The molecule has 1 aromatic heterocycles. The van der Waals surface area contributed by atoms with Crippen LogP contribution in [0.5, 0.6) is 0 Å². The Bertz CT molecular complexity index is 393. The molecule has 1 fully saturated rings. The third kappa shape index (κ3) is 1.85. The molecule has 1 saturated carbocycles. The number of hydrogen-bond acceptors (Lipinski definition) is 3. The van der Waals surface area contributed by atoms with Crippen LogP contribution in [0.3, 0.4) is 0 Å². The molecule has 1 aromatic rings. The van der Waals surface area contributed by atoms with Crippen molar-refractivity contribution in [3.8, 4) is 0 Å². The lowest BCUT2D eigenvalue weighted by Crippen LogP contribution is -2.24. The average Bonchev–Trinajstić information content (AvgIpc) is 2.83. The summed E-state index contributed by atoms with van der Waals surface area (Å²) in [5.41, 5.74) is 7.54. The third-order valence-electron chi connectivity index (χ3n) is 2.93. The minimum atomic E-state index is -0.0262. The molecular formula is C10H15N3O. The molecule has 14 heavy (non-hydrogen) atoms. The number of rotatable bonds is 3. The van der Waals surface area contributed by atoms with Crippen LogP contribution in [-0.2, 0) is 6.42 Å². The lowest BCUT2D eigenvalue weighted by atomic mass is 10.0. The van der Waals surface area contributed by atoms with E-state index in [9.17, 15) is 4.79 Å². The van der Waals surface area contributed by atoms with Gasteiger partial charge in [0.25, 0.3) is 5.56 Å². The molecule has 3 N–H and O–H groups in total. The Hall–Kier alpha value is -1.16. The number of nitrogens with two attached hydrogens (primary N) is 1. The van der Waals surface area contributed by atoms with E-state index in [4.69, 9.17) is 5.73 Å². The van der Waals surface area contributed by atoms with E-state index in [1.807, 2.05) is 6.92 Å². The van der Waals surface area contributed by atoms with Crippen molar-refractivity contribution in [3.05, 3.63) is 27.9 Å². The SMILES string of the molecule is Cc1nc[nH]c(=O)c1CCC1(N)CC1. The fraction of sp³-hybridized carbons (Fsp3) is 0.600. The number of aryl methyl sites for hydroxylation is 1. The predicted molar refractivity (Wildman–Crippen MR) is 54.1 cm³/mol. The Morgan fingerprint density at radius 1 is 1.64 bits per heavy atom. The molecule has 76 valence electrons. The molecule has 0 spiro atoms. The van der Waals surface area contributed by atoms with Gasteiger partial charge in [-0.1, -0.05) is 0 Å². The lowest BCUT2D eigenvalue weighted by Gasteiger charge is -2.08. The van der Waals surface area contributed by atoms with E-state index >= 15 is 0 Å². The summed E-state index contributed by atoms with van der Waals surface area (Å²) >= 11 is 0. The molecule has 0 aromatic carbocycles. The summed E-state index contributed by atoms with van der Waals surface area (Å²) in [5, 5.41) is 0. The minimum absolute atomic E-state index is 0.00865. The van der Waals surface area contributed by atoms with Crippen molar-refractivity contribution in [2.24, 2.45) is 5.73 Å². The summed E-state index contributed by atoms with van der Waals surface area (Å²) in [4.78, 5) is 18.1. The summed E-state index contributed by atoms with van der Waals surface area (Å²) < 4.78 is 0. The number of hydrogen-bond donors (Lipinski definition) is 2. The molecule has 0 bridgehead atoms. The van der Waals surface area contributed by atoms with E-state index in [2.05, 4.69) is 9.97 Å². The highest BCUT2D eigenvalue weighted by atomic mass is 16.1. The second-order valence-electron chi connectivity index (χ2n) is 4.16. The zero-order valence-corrected chi connectivity index (χ0v) is 8.34. The molecule has 0 amide bonds. The van der Waals surface area contributed by atoms with Crippen molar-refractivity contribution in [3.63, 3.8) is 0 Å². The van der Waals surface area contributed by atoms with Gasteiger partial charge < -0.3 is 10.7 Å². The van der Waals surface area contributed by atoms with Gasteiger partial charge in [-0.3, -0.25) is 4.79 Å². The second-order valence-corrected chi connectivity index (χ2v) is 4.16. The summed E-state index contributed by atoms with van der Waals surface area (Å²) in [5.74, 6) is 0. The van der Waals surface area contributed by atoms with Crippen molar-refractivity contribution < 1.29 is 0 Å². The van der Waals surface area contributed by atoms with Crippen LogP contribution in [0.1, 0.15) is 30.5 Å². The number of aromatic nitrogens is 2. The maximum Gasteiger partial charge on any atom is 0.254 e. The second kappa shape index (κ2) is 3.20. The first-order valence-electron chi connectivity index (χ1n) is 4.93. The van der Waals surface area contributed by atoms with Gasteiger partial charge in [0.1, 0.15) is 0 Å². The Labute approximate surface area is 82.6 Å². The highest BCUT2D eigenvalue weighted by Crippen LogP contribution is 2.36. The van der Waals surface area contributed by atoms with E-state index < -0.39 is 0 Å². The van der Waals surface area contributed by atoms with Crippen molar-refractivity contribution in [2.45, 2.75) is 38.1 Å². The van der Waals surface area contributed by atoms with Crippen LogP contribution in [0.4, 0.5) is 0 Å². The highest BCUT2D eigenvalue weighted by Gasteiger charge is 2.37. The molecule has 0 aliphatic heterocycles. The molecule has 0 radical (unpaired) electrons. The quantitative estimate of drug-likeness (QED) is 0.734. The first kappa shape index (κ1) is 9.40. The first-order valence-corrected chi connectivity index (χ1v) is 4.93. The van der Waals surface area contributed by atoms with E-state index in [1.165, 1.54) is 6.33 Å². The van der Waals surface area contributed by atoms with Gasteiger partial charge in [-0.25, -0.2) is 4.98 Å². The van der Waals surface area contributed by atoms with Gasteiger partial charge in [0.2, 0.25) is 0 Å². The van der Waals surface area contributed by atoms with Crippen LogP contribution in [0, 0.1) is 6.92 Å². The predicted octanol–water partition coefficient (Wildman–Crippen LogP) is 0.502. The number of aromatic amines is 1. The molecule has 1 aliphatic rings. The zero-order valence-electron chi connectivity index (χ0n) is 8.34. The lowest BCUT2D eigenvalue weighted by molar-refractivity contribution is 0.604. The maximum absolute atomic E-state index is 11.4. The van der Waals surface area contributed by atoms with E-state index in [-0.39, 0.29) is 11.1 Å². The van der Waals surface area contributed by atoms with Gasteiger partial charge in [-0.15, -0.1) is 0 Å². The molecule has 0 saturated heterocycles. The third-order valence-corrected chi connectivity index (χ3v) is 2.93. The normalized spacial score (nSPS) is 18.1. The van der Waals surface area contributed by atoms with Gasteiger partial charge in [0.15, 0.2) is 0 Å². The average molecular weight is 193 g/mol. The molecule has 2 rings (SSSR count). The Kier molecular flexibility index (Phi) is 2.15. The number of nitrogens with one attached hydrogen (secondary N) is 1. The van der Waals surface area contributed by atoms with Crippen LogP contribution in [-0.4, -0.2) is 15.5 Å². The molecular weight excluding hydrogens is 178 g/mol. The smallest absolute Gasteiger partial charge is 0.254 e. The number of H-pyrrole nitrogens is 1. The minimum Gasteiger partial charge on any atom is -0.325 e. The van der Waals surface area contributed by atoms with Gasteiger partial charge >= 0.3 is 0 Å². The molecule has 0 unspecified atom stereocenters. The maximum atomic E-state index is 11.4. The molecule has 4 nitrogen and oxygen atoms in total. The summed E-state index contributed by atoms with van der Waals surface area (Å²) in [6.45, 7) is 1.86. The first-order chi connectivity index (χ1) is 6.61. The van der Waals surface area contributed by atoms with Crippen LogP contribution in [0.25, 0.3) is 0 Å². The van der Waals surface area contributed by atoms with Gasteiger partial charge in [-0.05, 0) is 32.6 Å². The van der Waals surface area contributed by atoms with Gasteiger partial charge in [0, 0.05) is 16.8 Å². The molecule has 4 heteroatoms. The molecule has 0 atom stereocenters. The van der Waals surface area contributed by atoms with Gasteiger partial charge in [-0.2, -0.15) is 0 Å². The van der Waals surface area contributed by atoms with Crippen molar-refractivity contribution in [2.75, 3.05) is 0 Å². The van der Waals surface area contributed by atoms with Crippen molar-refractivity contribution >= 4 is 0 Å². The zero-order chi connectivity index (χ0) is 10.2. The van der Waals surface area contributed by atoms with Crippen LogP contribution < -0.4 is 11.3 Å². The monoisotopic (exact) mass is 193 g/mol. The van der Waals surface area contributed by atoms with E-state index in [0.717, 1.165) is 36.9 Å². The van der Waals surface area contributed by atoms with Crippen molar-refractivity contribution in [1.29, 1.82) is 0 Å². The Balaban J connectivity index is 2.12. The summed E-state index contributed by atoms with van der Waals surface area (Å²) in [6, 6.07) is 0.